The molecule has 9 heteroatoms. The van der Waals surface area contributed by atoms with Crippen molar-refractivity contribution in [3.05, 3.63) is 63.7 Å². The molecule has 0 atom stereocenters. The molecule has 176 valence electrons. The van der Waals surface area contributed by atoms with Gasteiger partial charge in [-0.05, 0) is 62.6 Å². The molecule has 0 heterocycles. The van der Waals surface area contributed by atoms with Crippen molar-refractivity contribution in [2.24, 2.45) is 0 Å². The Morgan fingerprint density at radius 2 is 1.55 bits per heavy atom. The number of ether oxygens (including phenoxy) is 1. The van der Waals surface area contributed by atoms with E-state index in [0.29, 0.717) is 17.0 Å². The molecule has 2 rings (SSSR count). The summed E-state index contributed by atoms with van der Waals surface area (Å²) in [5, 5.41) is 8.43. The second-order valence-corrected chi connectivity index (χ2v) is 8.06. The third-order valence-electron chi connectivity index (χ3n) is 4.70. The number of halogens is 1. The molecule has 3 N–H and O–H groups in total. The second kappa shape index (κ2) is 12.6. The van der Waals surface area contributed by atoms with Crippen LogP contribution in [0.2, 0.25) is 5.02 Å². The van der Waals surface area contributed by atoms with Crippen LogP contribution < -0.4 is 16.0 Å². The average Bonchev–Trinajstić information content (AvgIpc) is 2.76. The Labute approximate surface area is 198 Å². The summed E-state index contributed by atoms with van der Waals surface area (Å²) >= 11 is 5.78. The quantitative estimate of drug-likeness (QED) is 0.362. The van der Waals surface area contributed by atoms with Gasteiger partial charge in [0.25, 0.3) is 11.8 Å². The topological polar surface area (TPSA) is 114 Å². The maximum atomic E-state index is 12.1. The van der Waals surface area contributed by atoms with Gasteiger partial charge in [0, 0.05) is 29.2 Å². The highest BCUT2D eigenvalue weighted by Gasteiger charge is 2.12. The first kappa shape index (κ1) is 25.9. The molecule has 3 amide bonds. The van der Waals surface area contributed by atoms with Crippen LogP contribution in [0.3, 0.4) is 0 Å². The van der Waals surface area contributed by atoms with Crippen LogP contribution in [0.5, 0.6) is 0 Å². The number of carbonyl (C=O) groups is 4. The Bertz CT molecular complexity index is 998. The van der Waals surface area contributed by atoms with Gasteiger partial charge in [-0.15, -0.1) is 0 Å². The van der Waals surface area contributed by atoms with Gasteiger partial charge in [-0.2, -0.15) is 0 Å². The van der Waals surface area contributed by atoms with Crippen LogP contribution in [-0.4, -0.2) is 43.4 Å². The van der Waals surface area contributed by atoms with Crippen molar-refractivity contribution in [1.29, 1.82) is 0 Å². The first-order chi connectivity index (χ1) is 15.7. The van der Waals surface area contributed by atoms with Gasteiger partial charge >= 0.3 is 5.97 Å². The number of hydrogen-bond donors (Lipinski definition) is 3. The fourth-order valence-electron chi connectivity index (χ4n) is 3.15. The monoisotopic (exact) mass is 473 g/mol. The summed E-state index contributed by atoms with van der Waals surface area (Å²) in [4.78, 5) is 47.7. The van der Waals surface area contributed by atoms with E-state index in [4.69, 9.17) is 16.3 Å². The van der Waals surface area contributed by atoms with E-state index in [9.17, 15) is 19.2 Å². The van der Waals surface area contributed by atoms with Gasteiger partial charge in [-0.25, -0.2) is 0 Å². The Hall–Kier alpha value is -3.39. The van der Waals surface area contributed by atoms with E-state index in [1.54, 1.807) is 24.3 Å². The van der Waals surface area contributed by atoms with Gasteiger partial charge in [-0.1, -0.05) is 29.3 Å². The molecule has 0 aliphatic carbocycles. The van der Waals surface area contributed by atoms with Gasteiger partial charge in [0.05, 0.1) is 6.54 Å². The number of hydrogen-bond acceptors (Lipinski definition) is 5. The van der Waals surface area contributed by atoms with E-state index in [0.717, 1.165) is 22.4 Å². The van der Waals surface area contributed by atoms with Crippen LogP contribution in [0.1, 0.15) is 39.9 Å². The Kier molecular flexibility index (Phi) is 9.87. The van der Waals surface area contributed by atoms with Gasteiger partial charge in [0.1, 0.15) is 0 Å². The molecule has 0 spiro atoms. The van der Waals surface area contributed by atoms with E-state index in [2.05, 4.69) is 16.0 Å². The lowest BCUT2D eigenvalue weighted by atomic mass is 10.1. The van der Waals surface area contributed by atoms with Crippen LogP contribution in [-0.2, 0) is 19.1 Å². The number of anilines is 1. The van der Waals surface area contributed by atoms with Crippen molar-refractivity contribution in [3.8, 4) is 0 Å². The first-order valence-electron chi connectivity index (χ1n) is 10.5. The van der Waals surface area contributed by atoms with Crippen LogP contribution in [0.15, 0.2) is 36.4 Å². The highest BCUT2D eigenvalue weighted by Crippen LogP contribution is 2.21. The standard InChI is InChI=1S/C24H28ClN3O5/c1-15-11-16(2)23(17(3)12-15)28-20(29)13-27-21(30)14-33-22(31)5-4-10-26-24(32)18-6-8-19(25)9-7-18/h6-9,11-12H,4-5,10,13-14H2,1-3H3,(H,26,32)(H,27,30)(H,28,29). The summed E-state index contributed by atoms with van der Waals surface area (Å²) in [7, 11) is 0. The van der Waals surface area contributed by atoms with Gasteiger partial charge in [-0.3, -0.25) is 19.2 Å². The number of esters is 1. The molecule has 8 nitrogen and oxygen atoms in total. The summed E-state index contributed by atoms with van der Waals surface area (Å²) in [6.45, 7) is 5.34. The third kappa shape index (κ3) is 8.94. The summed E-state index contributed by atoms with van der Waals surface area (Å²) < 4.78 is 4.90. The fourth-order valence-corrected chi connectivity index (χ4v) is 3.27. The van der Waals surface area contributed by atoms with E-state index >= 15 is 0 Å². The molecular weight excluding hydrogens is 446 g/mol. The summed E-state index contributed by atoms with van der Waals surface area (Å²) in [6, 6.07) is 10.4. The number of benzene rings is 2. The molecule has 0 saturated heterocycles. The summed E-state index contributed by atoms with van der Waals surface area (Å²) in [5.41, 5.74) is 4.16. The van der Waals surface area contributed by atoms with Crippen LogP contribution in [0.25, 0.3) is 0 Å². The zero-order chi connectivity index (χ0) is 24.4. The van der Waals surface area contributed by atoms with E-state index in [1.807, 2.05) is 32.9 Å². The third-order valence-corrected chi connectivity index (χ3v) is 4.95. The molecule has 0 aromatic heterocycles. The Morgan fingerprint density at radius 3 is 2.18 bits per heavy atom. The van der Waals surface area contributed by atoms with Crippen molar-refractivity contribution < 1.29 is 23.9 Å². The molecule has 0 bridgehead atoms. The van der Waals surface area contributed by atoms with Gasteiger partial charge in [0.15, 0.2) is 6.61 Å². The number of rotatable bonds is 10. The summed E-state index contributed by atoms with van der Waals surface area (Å²) in [5.74, 6) is -1.79. The van der Waals surface area contributed by atoms with Crippen molar-refractivity contribution in [2.75, 3.05) is 25.0 Å². The zero-order valence-corrected chi connectivity index (χ0v) is 19.7. The molecule has 0 fully saturated rings. The minimum Gasteiger partial charge on any atom is -0.456 e. The lowest BCUT2D eigenvalue weighted by Crippen LogP contribution is -2.35. The number of aryl methyl sites for hydroxylation is 3. The van der Waals surface area contributed by atoms with Crippen molar-refractivity contribution in [3.63, 3.8) is 0 Å². The number of nitrogens with one attached hydrogen (secondary N) is 3. The van der Waals surface area contributed by atoms with E-state index in [-0.39, 0.29) is 31.3 Å². The van der Waals surface area contributed by atoms with Crippen LogP contribution in [0.4, 0.5) is 5.69 Å². The zero-order valence-electron chi connectivity index (χ0n) is 18.9. The molecular formula is C24H28ClN3O5. The summed E-state index contributed by atoms with van der Waals surface area (Å²) in [6.07, 6.45) is 0.401. The number of carbonyl (C=O) groups excluding carboxylic acids is 4. The molecule has 2 aromatic rings. The van der Waals surface area contributed by atoms with Gasteiger partial charge < -0.3 is 20.7 Å². The molecule has 0 unspecified atom stereocenters. The molecule has 0 saturated carbocycles. The molecule has 0 aliphatic heterocycles. The van der Waals surface area contributed by atoms with E-state index < -0.39 is 18.5 Å². The lowest BCUT2D eigenvalue weighted by Gasteiger charge is -2.13. The maximum absolute atomic E-state index is 12.1. The van der Waals surface area contributed by atoms with Crippen LogP contribution in [0, 0.1) is 20.8 Å². The highest BCUT2D eigenvalue weighted by molar-refractivity contribution is 6.30. The normalized spacial score (nSPS) is 10.3. The Balaban J connectivity index is 1.61. The smallest absolute Gasteiger partial charge is 0.306 e. The Morgan fingerprint density at radius 1 is 0.909 bits per heavy atom. The predicted molar refractivity (Wildman–Crippen MR) is 126 cm³/mol. The maximum Gasteiger partial charge on any atom is 0.306 e. The van der Waals surface area contributed by atoms with Crippen LogP contribution >= 0.6 is 11.6 Å². The fraction of sp³-hybridized carbons (Fsp3) is 0.333. The SMILES string of the molecule is Cc1cc(C)c(NC(=O)CNC(=O)COC(=O)CCCNC(=O)c2ccc(Cl)cc2)c(C)c1. The van der Waals surface area contributed by atoms with Crippen molar-refractivity contribution in [1.82, 2.24) is 10.6 Å². The first-order valence-corrected chi connectivity index (χ1v) is 10.9. The highest BCUT2D eigenvalue weighted by atomic mass is 35.5. The predicted octanol–water partition coefficient (Wildman–Crippen LogP) is 3.07. The minimum absolute atomic E-state index is 0.0423. The van der Waals surface area contributed by atoms with E-state index in [1.165, 1.54) is 0 Å². The largest absolute Gasteiger partial charge is 0.456 e. The average molecular weight is 474 g/mol. The second-order valence-electron chi connectivity index (χ2n) is 7.63. The molecule has 2 aromatic carbocycles. The lowest BCUT2D eigenvalue weighted by molar-refractivity contribution is -0.148. The van der Waals surface area contributed by atoms with Crippen molar-refractivity contribution in [2.45, 2.75) is 33.6 Å². The minimum atomic E-state index is -0.577. The molecule has 0 radical (unpaired) electrons. The van der Waals surface area contributed by atoms with Gasteiger partial charge in [0.2, 0.25) is 5.91 Å². The number of amides is 3. The molecule has 33 heavy (non-hydrogen) atoms. The van der Waals surface area contributed by atoms with Crippen molar-refractivity contribution >= 4 is 41.0 Å². The molecule has 0 aliphatic rings.